The molecule has 1 aromatic carbocycles. The van der Waals surface area contributed by atoms with E-state index in [1.807, 2.05) is 27.8 Å². The number of piperidine rings is 1. The zero-order chi connectivity index (χ0) is 22.0. The van der Waals surface area contributed by atoms with Gasteiger partial charge in [0, 0.05) is 36.8 Å². The number of nitrogens with zero attached hydrogens (tertiary/aromatic N) is 3. The Bertz CT molecular complexity index is 1080. The third kappa shape index (κ3) is 4.19. The Kier molecular flexibility index (Phi) is 6.32. The van der Waals surface area contributed by atoms with E-state index in [9.17, 15) is 14.4 Å². The Hall–Kier alpha value is -2.80. The molecule has 31 heavy (non-hydrogen) atoms. The van der Waals surface area contributed by atoms with E-state index in [1.54, 1.807) is 12.2 Å². The van der Waals surface area contributed by atoms with Gasteiger partial charge in [-0.15, -0.1) is 6.58 Å². The van der Waals surface area contributed by atoms with Gasteiger partial charge in [0.2, 0.25) is 5.91 Å². The fourth-order valence-electron chi connectivity index (χ4n) is 4.31. The standard InChI is InChI=1S/C24H27N3O3S/c1-3-11-27-23(29)20(31-24(27)30)14-18-15-26(16-21(28)25-12-6-5-7-13-25)22-17(4-2)9-8-10-19(18)22/h3,8-10,14-15H,1,4-7,11-13,16H2,2H3/b20-14-. The Morgan fingerprint density at radius 1 is 1.19 bits per heavy atom. The number of thioether (sulfide) groups is 1. The highest BCUT2D eigenvalue weighted by molar-refractivity contribution is 8.18. The molecule has 6 nitrogen and oxygen atoms in total. The highest BCUT2D eigenvalue weighted by atomic mass is 32.2. The lowest BCUT2D eigenvalue weighted by molar-refractivity contribution is -0.132. The van der Waals surface area contributed by atoms with Crippen LogP contribution >= 0.6 is 11.8 Å². The number of likely N-dealkylation sites (tertiary alicyclic amines) is 1. The second-order valence-electron chi connectivity index (χ2n) is 7.90. The lowest BCUT2D eigenvalue weighted by Gasteiger charge is -2.27. The summed E-state index contributed by atoms with van der Waals surface area (Å²) in [4.78, 5) is 41.3. The average molecular weight is 438 g/mol. The maximum absolute atomic E-state index is 12.9. The van der Waals surface area contributed by atoms with Gasteiger partial charge in [0.05, 0.1) is 10.4 Å². The SMILES string of the molecule is C=CCN1C(=O)S/C(=C\c2cn(CC(=O)N3CCCCC3)c3c(CC)cccc23)C1=O. The van der Waals surface area contributed by atoms with Crippen LogP contribution in [0.2, 0.25) is 0 Å². The summed E-state index contributed by atoms with van der Waals surface area (Å²) < 4.78 is 2.00. The molecule has 3 heterocycles. The molecule has 1 aromatic heterocycles. The second-order valence-corrected chi connectivity index (χ2v) is 8.89. The number of para-hydroxylation sites is 1. The van der Waals surface area contributed by atoms with Crippen LogP contribution in [0.5, 0.6) is 0 Å². The van der Waals surface area contributed by atoms with Crippen LogP contribution in [0.25, 0.3) is 17.0 Å². The monoisotopic (exact) mass is 437 g/mol. The molecule has 2 fully saturated rings. The molecule has 162 valence electrons. The van der Waals surface area contributed by atoms with Gasteiger partial charge in [-0.2, -0.15) is 0 Å². The van der Waals surface area contributed by atoms with Gasteiger partial charge in [0.1, 0.15) is 6.54 Å². The van der Waals surface area contributed by atoms with Crippen LogP contribution in [0.1, 0.15) is 37.3 Å². The third-order valence-corrected chi connectivity index (χ3v) is 6.79. The maximum Gasteiger partial charge on any atom is 0.293 e. The lowest BCUT2D eigenvalue weighted by atomic mass is 10.1. The first-order valence-corrected chi connectivity index (χ1v) is 11.6. The van der Waals surface area contributed by atoms with Gasteiger partial charge in [0.25, 0.3) is 11.1 Å². The quantitative estimate of drug-likeness (QED) is 0.495. The van der Waals surface area contributed by atoms with Crippen molar-refractivity contribution in [1.82, 2.24) is 14.4 Å². The van der Waals surface area contributed by atoms with Crippen LogP contribution in [-0.4, -0.2) is 51.1 Å². The van der Waals surface area contributed by atoms with Gasteiger partial charge in [-0.3, -0.25) is 19.3 Å². The van der Waals surface area contributed by atoms with Crippen molar-refractivity contribution >= 4 is 45.8 Å². The van der Waals surface area contributed by atoms with E-state index >= 15 is 0 Å². The number of hydrogen-bond donors (Lipinski definition) is 0. The van der Waals surface area contributed by atoms with E-state index in [4.69, 9.17) is 0 Å². The van der Waals surface area contributed by atoms with E-state index in [0.29, 0.717) is 4.91 Å². The van der Waals surface area contributed by atoms with Gasteiger partial charge >= 0.3 is 0 Å². The largest absolute Gasteiger partial charge is 0.341 e. The minimum Gasteiger partial charge on any atom is -0.341 e. The summed E-state index contributed by atoms with van der Waals surface area (Å²) in [5, 5.41) is 0.704. The molecule has 4 rings (SSSR count). The van der Waals surface area contributed by atoms with Crippen molar-refractivity contribution in [2.75, 3.05) is 19.6 Å². The average Bonchev–Trinajstić information content (AvgIpc) is 3.26. The molecule has 0 spiro atoms. The van der Waals surface area contributed by atoms with Gasteiger partial charge in [-0.1, -0.05) is 31.2 Å². The zero-order valence-corrected chi connectivity index (χ0v) is 18.6. The summed E-state index contributed by atoms with van der Waals surface area (Å²) in [6.45, 7) is 7.84. The number of carbonyl (C=O) groups excluding carboxylic acids is 3. The van der Waals surface area contributed by atoms with Gasteiger partial charge in [0.15, 0.2) is 0 Å². The molecule has 2 saturated heterocycles. The number of aromatic nitrogens is 1. The van der Waals surface area contributed by atoms with Crippen molar-refractivity contribution in [2.45, 2.75) is 39.2 Å². The van der Waals surface area contributed by atoms with Crippen LogP contribution in [0.4, 0.5) is 4.79 Å². The summed E-state index contributed by atoms with van der Waals surface area (Å²) in [6.07, 6.45) is 9.40. The molecule has 2 aliphatic heterocycles. The molecule has 2 aromatic rings. The predicted octanol–water partition coefficient (Wildman–Crippen LogP) is 4.44. The van der Waals surface area contributed by atoms with E-state index in [2.05, 4.69) is 19.6 Å². The van der Waals surface area contributed by atoms with Crippen molar-refractivity contribution in [1.29, 1.82) is 0 Å². The molecular formula is C24H27N3O3S. The first-order valence-electron chi connectivity index (χ1n) is 10.8. The zero-order valence-electron chi connectivity index (χ0n) is 17.8. The molecule has 0 atom stereocenters. The van der Waals surface area contributed by atoms with Crippen LogP contribution in [0, 0.1) is 0 Å². The fourth-order valence-corrected chi connectivity index (χ4v) is 5.15. The molecule has 7 heteroatoms. The van der Waals surface area contributed by atoms with E-state index in [0.717, 1.165) is 66.1 Å². The Balaban J connectivity index is 1.72. The van der Waals surface area contributed by atoms with E-state index in [-0.39, 0.29) is 30.1 Å². The van der Waals surface area contributed by atoms with Crippen molar-refractivity contribution in [3.63, 3.8) is 0 Å². The fraction of sp³-hybridized carbons (Fsp3) is 0.375. The summed E-state index contributed by atoms with van der Waals surface area (Å²) in [6, 6.07) is 6.08. The van der Waals surface area contributed by atoms with E-state index in [1.165, 1.54) is 11.3 Å². The highest BCUT2D eigenvalue weighted by Crippen LogP contribution is 2.35. The molecule has 0 unspecified atom stereocenters. The molecular weight excluding hydrogens is 410 g/mol. The van der Waals surface area contributed by atoms with Gasteiger partial charge < -0.3 is 9.47 Å². The molecule has 3 amide bonds. The van der Waals surface area contributed by atoms with Crippen molar-refractivity contribution < 1.29 is 14.4 Å². The summed E-state index contributed by atoms with van der Waals surface area (Å²) in [7, 11) is 0. The molecule has 0 aliphatic carbocycles. The van der Waals surface area contributed by atoms with Crippen LogP contribution in [0.3, 0.4) is 0 Å². The van der Waals surface area contributed by atoms with E-state index < -0.39 is 0 Å². The number of amides is 3. The number of hydrogen-bond acceptors (Lipinski definition) is 4. The maximum atomic E-state index is 12.9. The number of imide groups is 1. The Labute approximate surface area is 186 Å². The third-order valence-electron chi connectivity index (χ3n) is 5.88. The van der Waals surface area contributed by atoms with Gasteiger partial charge in [-0.25, -0.2) is 0 Å². The lowest BCUT2D eigenvalue weighted by Crippen LogP contribution is -2.37. The summed E-state index contributed by atoms with van der Waals surface area (Å²) in [5.74, 6) is -0.174. The van der Waals surface area contributed by atoms with Crippen molar-refractivity contribution in [3.05, 3.63) is 53.1 Å². The number of carbonyl (C=O) groups is 3. The minimum atomic E-state index is -0.299. The Morgan fingerprint density at radius 3 is 2.68 bits per heavy atom. The second kappa shape index (κ2) is 9.14. The number of aryl methyl sites for hydroxylation is 1. The normalized spacial score (nSPS) is 18.4. The number of fused-ring (bicyclic) bond motifs is 1. The minimum absolute atomic E-state index is 0.125. The summed E-state index contributed by atoms with van der Waals surface area (Å²) in [5.41, 5.74) is 3.02. The molecule has 0 saturated carbocycles. The predicted molar refractivity (Wildman–Crippen MR) is 125 cm³/mol. The first-order chi connectivity index (χ1) is 15.0. The Morgan fingerprint density at radius 2 is 1.97 bits per heavy atom. The highest BCUT2D eigenvalue weighted by Gasteiger charge is 2.34. The molecule has 0 radical (unpaired) electrons. The topological polar surface area (TPSA) is 62.6 Å². The van der Waals surface area contributed by atoms with Crippen molar-refractivity contribution in [2.24, 2.45) is 0 Å². The number of rotatable bonds is 6. The first kappa shape index (κ1) is 21.4. The smallest absolute Gasteiger partial charge is 0.293 e. The van der Waals surface area contributed by atoms with Crippen LogP contribution in [-0.2, 0) is 22.6 Å². The van der Waals surface area contributed by atoms with Crippen molar-refractivity contribution in [3.8, 4) is 0 Å². The molecule has 0 N–H and O–H groups in total. The van der Waals surface area contributed by atoms with Gasteiger partial charge in [-0.05, 0) is 49.1 Å². The molecule has 2 aliphatic rings. The van der Waals surface area contributed by atoms with Crippen LogP contribution < -0.4 is 0 Å². The van der Waals surface area contributed by atoms with Crippen LogP contribution in [0.15, 0.2) is 42.0 Å². The molecule has 0 bridgehead atoms. The number of benzene rings is 1. The summed E-state index contributed by atoms with van der Waals surface area (Å²) >= 11 is 0.947.